The SMILES string of the molecule is O=C(O)C1CCCN(CCC/C=C/c2ccccc2-c2ccc(Cl)cc2Cl)C1. The molecule has 0 spiro atoms. The second kappa shape index (κ2) is 10.1. The summed E-state index contributed by atoms with van der Waals surface area (Å²) >= 11 is 12.4. The van der Waals surface area contributed by atoms with Crippen LogP contribution in [0, 0.1) is 5.92 Å². The minimum absolute atomic E-state index is 0.208. The number of aliphatic carboxylic acids is 1. The molecule has 0 aliphatic carbocycles. The summed E-state index contributed by atoms with van der Waals surface area (Å²) in [7, 11) is 0. The number of benzene rings is 2. The fourth-order valence-corrected chi connectivity index (χ4v) is 4.21. The summed E-state index contributed by atoms with van der Waals surface area (Å²) in [5, 5.41) is 10.5. The molecule has 0 amide bonds. The number of halogens is 2. The average molecular weight is 418 g/mol. The maximum Gasteiger partial charge on any atom is 0.307 e. The first-order valence-electron chi connectivity index (χ1n) is 9.71. The molecule has 28 heavy (non-hydrogen) atoms. The third-order valence-corrected chi connectivity index (χ3v) is 5.73. The van der Waals surface area contributed by atoms with Gasteiger partial charge < -0.3 is 10.0 Å². The van der Waals surface area contributed by atoms with Crippen LogP contribution in [0.5, 0.6) is 0 Å². The van der Waals surface area contributed by atoms with E-state index in [1.54, 1.807) is 6.07 Å². The first kappa shape index (κ1) is 20.9. The Morgan fingerprint density at radius 2 is 2.00 bits per heavy atom. The maximum atomic E-state index is 11.2. The van der Waals surface area contributed by atoms with Gasteiger partial charge in [0.2, 0.25) is 0 Å². The molecule has 1 atom stereocenters. The topological polar surface area (TPSA) is 40.5 Å². The van der Waals surface area contributed by atoms with Crippen molar-refractivity contribution in [1.29, 1.82) is 0 Å². The number of likely N-dealkylation sites (tertiary alicyclic amines) is 1. The summed E-state index contributed by atoms with van der Waals surface area (Å²) in [6, 6.07) is 13.7. The second-order valence-electron chi connectivity index (χ2n) is 7.23. The quantitative estimate of drug-likeness (QED) is 0.541. The van der Waals surface area contributed by atoms with E-state index in [0.717, 1.165) is 55.5 Å². The van der Waals surface area contributed by atoms with Crippen molar-refractivity contribution in [3.05, 3.63) is 64.1 Å². The zero-order valence-corrected chi connectivity index (χ0v) is 17.3. The molecule has 0 bridgehead atoms. The van der Waals surface area contributed by atoms with Crippen molar-refractivity contribution in [2.24, 2.45) is 5.92 Å². The lowest BCUT2D eigenvalue weighted by Crippen LogP contribution is -2.39. The highest BCUT2D eigenvalue weighted by molar-refractivity contribution is 6.36. The van der Waals surface area contributed by atoms with Crippen molar-refractivity contribution >= 4 is 35.2 Å². The molecule has 5 heteroatoms. The normalized spacial score (nSPS) is 17.9. The smallest absolute Gasteiger partial charge is 0.307 e. The van der Waals surface area contributed by atoms with Crippen LogP contribution in [0.1, 0.15) is 31.2 Å². The number of nitrogens with zero attached hydrogens (tertiary/aromatic N) is 1. The molecule has 1 fully saturated rings. The van der Waals surface area contributed by atoms with Crippen LogP contribution in [0.25, 0.3) is 17.2 Å². The van der Waals surface area contributed by atoms with E-state index in [2.05, 4.69) is 29.2 Å². The number of hydrogen-bond acceptors (Lipinski definition) is 2. The highest BCUT2D eigenvalue weighted by atomic mass is 35.5. The Morgan fingerprint density at radius 3 is 2.79 bits per heavy atom. The molecule has 1 heterocycles. The van der Waals surface area contributed by atoms with Crippen LogP contribution in [0.4, 0.5) is 0 Å². The predicted octanol–water partition coefficient (Wildman–Crippen LogP) is 6.25. The van der Waals surface area contributed by atoms with Crippen LogP contribution in [0.15, 0.2) is 48.5 Å². The van der Waals surface area contributed by atoms with Crippen molar-refractivity contribution in [2.45, 2.75) is 25.7 Å². The van der Waals surface area contributed by atoms with E-state index in [0.29, 0.717) is 16.6 Å². The number of piperidine rings is 1. The van der Waals surface area contributed by atoms with Crippen molar-refractivity contribution in [3.8, 4) is 11.1 Å². The lowest BCUT2D eigenvalue weighted by Gasteiger charge is -2.30. The Balaban J connectivity index is 1.57. The summed E-state index contributed by atoms with van der Waals surface area (Å²) in [5.41, 5.74) is 3.18. The third-order valence-electron chi connectivity index (χ3n) is 5.18. The van der Waals surface area contributed by atoms with Gasteiger partial charge in [0.25, 0.3) is 0 Å². The van der Waals surface area contributed by atoms with Crippen molar-refractivity contribution < 1.29 is 9.90 Å². The van der Waals surface area contributed by atoms with Crippen molar-refractivity contribution in [1.82, 2.24) is 4.90 Å². The van der Waals surface area contributed by atoms with E-state index in [4.69, 9.17) is 23.2 Å². The lowest BCUT2D eigenvalue weighted by atomic mass is 9.98. The molecule has 1 unspecified atom stereocenters. The second-order valence-corrected chi connectivity index (χ2v) is 8.08. The molecule has 0 saturated carbocycles. The maximum absolute atomic E-state index is 11.2. The summed E-state index contributed by atoms with van der Waals surface area (Å²) in [4.78, 5) is 13.4. The highest BCUT2D eigenvalue weighted by Gasteiger charge is 2.24. The molecule has 1 aliphatic rings. The molecule has 1 saturated heterocycles. The minimum atomic E-state index is -0.665. The molecule has 1 aliphatic heterocycles. The van der Waals surface area contributed by atoms with E-state index >= 15 is 0 Å². The fraction of sp³-hybridized carbons (Fsp3) is 0.348. The molecule has 1 N–H and O–H groups in total. The summed E-state index contributed by atoms with van der Waals surface area (Å²) < 4.78 is 0. The Hall–Kier alpha value is -1.81. The van der Waals surface area contributed by atoms with Gasteiger partial charge in [-0.3, -0.25) is 4.79 Å². The van der Waals surface area contributed by atoms with Gasteiger partial charge in [-0.1, -0.05) is 65.7 Å². The van der Waals surface area contributed by atoms with E-state index in [1.165, 1.54) is 0 Å². The molecule has 2 aromatic rings. The molecule has 0 aromatic heterocycles. The number of allylic oxidation sites excluding steroid dienone is 1. The number of hydrogen-bond donors (Lipinski definition) is 1. The van der Waals surface area contributed by atoms with Crippen LogP contribution >= 0.6 is 23.2 Å². The molecule has 3 nitrogen and oxygen atoms in total. The molecule has 3 rings (SSSR count). The van der Waals surface area contributed by atoms with Gasteiger partial charge in [0, 0.05) is 22.2 Å². The van der Waals surface area contributed by atoms with Crippen LogP contribution in [0.2, 0.25) is 10.0 Å². The largest absolute Gasteiger partial charge is 0.481 e. The van der Waals surface area contributed by atoms with Crippen molar-refractivity contribution in [2.75, 3.05) is 19.6 Å². The predicted molar refractivity (Wildman–Crippen MR) is 117 cm³/mol. The van der Waals surface area contributed by atoms with Crippen LogP contribution in [-0.2, 0) is 4.79 Å². The monoisotopic (exact) mass is 417 g/mol. The van der Waals surface area contributed by atoms with Gasteiger partial charge in [-0.25, -0.2) is 0 Å². The van der Waals surface area contributed by atoms with Gasteiger partial charge in [-0.05, 0) is 62.0 Å². The number of carboxylic acids is 1. The average Bonchev–Trinajstić information content (AvgIpc) is 2.68. The Morgan fingerprint density at radius 1 is 1.18 bits per heavy atom. The Kier molecular flexibility index (Phi) is 7.55. The Bertz CT molecular complexity index is 850. The van der Waals surface area contributed by atoms with Gasteiger partial charge in [0.1, 0.15) is 0 Å². The zero-order chi connectivity index (χ0) is 19.9. The van der Waals surface area contributed by atoms with E-state index in [9.17, 15) is 9.90 Å². The number of carbonyl (C=O) groups is 1. The third kappa shape index (κ3) is 5.60. The van der Waals surface area contributed by atoms with E-state index < -0.39 is 5.97 Å². The van der Waals surface area contributed by atoms with Crippen LogP contribution in [0.3, 0.4) is 0 Å². The highest BCUT2D eigenvalue weighted by Crippen LogP contribution is 2.33. The molecule has 148 valence electrons. The minimum Gasteiger partial charge on any atom is -0.481 e. The fourth-order valence-electron chi connectivity index (χ4n) is 3.70. The first-order chi connectivity index (χ1) is 13.5. The van der Waals surface area contributed by atoms with Crippen molar-refractivity contribution in [3.63, 3.8) is 0 Å². The van der Waals surface area contributed by atoms with Crippen LogP contribution < -0.4 is 0 Å². The number of unbranched alkanes of at least 4 members (excludes halogenated alkanes) is 1. The zero-order valence-electron chi connectivity index (χ0n) is 15.8. The summed E-state index contributed by atoms with van der Waals surface area (Å²) in [6.45, 7) is 2.63. The first-order valence-corrected chi connectivity index (χ1v) is 10.5. The van der Waals surface area contributed by atoms with Gasteiger partial charge >= 0.3 is 5.97 Å². The molecule has 2 aromatic carbocycles. The molecular formula is C23H25Cl2NO2. The standard InChI is InChI=1S/C23H25Cl2NO2/c24-19-11-12-21(22(25)15-19)20-10-4-3-8-17(20)7-2-1-5-13-26-14-6-9-18(16-26)23(27)28/h2-4,7-8,10-12,15,18H,1,5-6,9,13-14,16H2,(H,27,28)/b7-2+. The number of carboxylic acid groups (broad SMARTS) is 1. The summed E-state index contributed by atoms with van der Waals surface area (Å²) in [6.07, 6.45) is 8.07. The lowest BCUT2D eigenvalue weighted by molar-refractivity contribution is -0.143. The van der Waals surface area contributed by atoms with E-state index in [1.807, 2.05) is 24.3 Å². The van der Waals surface area contributed by atoms with E-state index in [-0.39, 0.29) is 5.92 Å². The summed E-state index contributed by atoms with van der Waals surface area (Å²) in [5.74, 6) is -0.873. The van der Waals surface area contributed by atoms with Gasteiger partial charge in [-0.2, -0.15) is 0 Å². The van der Waals surface area contributed by atoms with Gasteiger partial charge in [0.15, 0.2) is 0 Å². The van der Waals surface area contributed by atoms with Gasteiger partial charge in [-0.15, -0.1) is 0 Å². The molecular weight excluding hydrogens is 393 g/mol. The Labute approximate surface area is 176 Å². The van der Waals surface area contributed by atoms with Gasteiger partial charge in [0.05, 0.1) is 5.92 Å². The molecule has 0 radical (unpaired) electrons. The number of rotatable bonds is 7. The van der Waals surface area contributed by atoms with Crippen LogP contribution in [-0.4, -0.2) is 35.6 Å².